The molecule has 0 aromatic rings. The number of hydrogen-bond donors (Lipinski definition) is 3. The number of phosphoric ester groups is 1. The molecule has 0 saturated heterocycles. The second kappa shape index (κ2) is 33.3. The lowest BCUT2D eigenvalue weighted by molar-refractivity contribution is -0.154. The van der Waals surface area contributed by atoms with Gasteiger partial charge in [-0.2, -0.15) is 0 Å². The molecule has 0 aliphatic carbocycles. The first-order valence-corrected chi connectivity index (χ1v) is 19.1. The van der Waals surface area contributed by atoms with E-state index in [1.807, 2.05) is 0 Å². The molecule has 3 unspecified atom stereocenters. The van der Waals surface area contributed by atoms with Crippen LogP contribution in [0.5, 0.6) is 0 Å². The Balaban J connectivity index is 4.21. The van der Waals surface area contributed by atoms with Crippen molar-refractivity contribution in [2.45, 2.75) is 142 Å². The molecule has 0 rings (SSSR count). The molecule has 9 nitrogen and oxygen atoms in total. The van der Waals surface area contributed by atoms with Crippen LogP contribution < -0.4 is 0 Å². The van der Waals surface area contributed by atoms with Crippen LogP contribution in [-0.2, 0) is 27.9 Å². The zero-order valence-corrected chi connectivity index (χ0v) is 29.7. The third kappa shape index (κ3) is 32.4. The molecule has 0 aliphatic rings. The summed E-state index contributed by atoms with van der Waals surface area (Å²) in [5.41, 5.74) is 0. The van der Waals surface area contributed by atoms with Gasteiger partial charge in [0.05, 0.1) is 26.4 Å². The lowest BCUT2D eigenvalue weighted by atomic mass is 10.1. The molecule has 0 heterocycles. The van der Waals surface area contributed by atoms with Gasteiger partial charge < -0.3 is 24.6 Å². The van der Waals surface area contributed by atoms with Crippen molar-refractivity contribution < 1.29 is 43.0 Å². The van der Waals surface area contributed by atoms with E-state index in [1.54, 1.807) is 0 Å². The maximum absolute atomic E-state index is 12.4. The van der Waals surface area contributed by atoms with Crippen LogP contribution in [0.2, 0.25) is 0 Å². The summed E-state index contributed by atoms with van der Waals surface area (Å²) in [6.07, 6.45) is 33.8. The van der Waals surface area contributed by atoms with Crippen molar-refractivity contribution in [2.24, 2.45) is 0 Å². The summed E-state index contributed by atoms with van der Waals surface area (Å²) in [5, 5.41) is 18.2. The first-order chi connectivity index (χ1) is 22.3. The Hall–Kier alpha value is -1.58. The van der Waals surface area contributed by atoms with Gasteiger partial charge in [-0.3, -0.25) is 13.8 Å². The first-order valence-electron chi connectivity index (χ1n) is 17.6. The van der Waals surface area contributed by atoms with Gasteiger partial charge in [-0.1, -0.05) is 120 Å². The van der Waals surface area contributed by atoms with Gasteiger partial charge >= 0.3 is 13.8 Å². The summed E-state index contributed by atoms with van der Waals surface area (Å²) in [6.45, 7) is 3.28. The monoisotopic (exact) mass is 672 g/mol. The van der Waals surface area contributed by atoms with E-state index in [2.05, 4.69) is 62.5 Å². The summed E-state index contributed by atoms with van der Waals surface area (Å²) < 4.78 is 33.0. The van der Waals surface area contributed by atoms with Gasteiger partial charge in [0.25, 0.3) is 0 Å². The number of esters is 1. The van der Waals surface area contributed by atoms with E-state index in [1.165, 1.54) is 19.3 Å². The largest absolute Gasteiger partial charge is 0.472 e. The second-order valence-electron chi connectivity index (χ2n) is 11.5. The van der Waals surface area contributed by atoms with Crippen LogP contribution >= 0.6 is 7.82 Å². The number of allylic oxidation sites excluding steroid dienone is 8. The molecular formula is C36H65O9P. The van der Waals surface area contributed by atoms with Crippen molar-refractivity contribution >= 4 is 13.8 Å². The number of carbonyl (C=O) groups excluding carboxylic acids is 1. The summed E-state index contributed by atoms with van der Waals surface area (Å²) >= 11 is 0. The van der Waals surface area contributed by atoms with Gasteiger partial charge in [0.1, 0.15) is 12.2 Å². The Kier molecular flexibility index (Phi) is 32.2. The molecule has 0 aromatic carbocycles. The lowest BCUT2D eigenvalue weighted by Gasteiger charge is -2.20. The molecule has 46 heavy (non-hydrogen) atoms. The summed E-state index contributed by atoms with van der Waals surface area (Å²) in [6, 6.07) is 0. The van der Waals surface area contributed by atoms with E-state index in [-0.39, 0.29) is 19.6 Å². The highest BCUT2D eigenvalue weighted by atomic mass is 31.2. The molecule has 3 atom stereocenters. The van der Waals surface area contributed by atoms with E-state index in [0.29, 0.717) is 6.61 Å². The predicted molar refractivity (Wildman–Crippen MR) is 187 cm³/mol. The Morgan fingerprint density at radius 3 is 1.87 bits per heavy atom. The molecule has 0 amide bonds. The molecule has 0 radical (unpaired) electrons. The number of aliphatic hydroxyl groups excluding tert-OH is 2. The van der Waals surface area contributed by atoms with Crippen molar-refractivity contribution in [3.63, 3.8) is 0 Å². The zero-order chi connectivity index (χ0) is 34.0. The van der Waals surface area contributed by atoms with E-state index >= 15 is 0 Å². The maximum Gasteiger partial charge on any atom is 0.472 e. The molecule has 0 aromatic heterocycles. The van der Waals surface area contributed by atoms with Crippen LogP contribution in [-0.4, -0.2) is 66.3 Å². The Bertz CT molecular complexity index is 856. The first kappa shape index (κ1) is 44.4. The summed E-state index contributed by atoms with van der Waals surface area (Å²) in [7, 11) is -4.51. The minimum absolute atomic E-state index is 0.0356. The van der Waals surface area contributed by atoms with Gasteiger partial charge in [-0.05, 0) is 51.4 Å². The second-order valence-corrected chi connectivity index (χ2v) is 13.0. The minimum atomic E-state index is -4.51. The van der Waals surface area contributed by atoms with Crippen molar-refractivity contribution in [1.29, 1.82) is 0 Å². The van der Waals surface area contributed by atoms with E-state index in [4.69, 9.17) is 23.6 Å². The highest BCUT2D eigenvalue weighted by Crippen LogP contribution is 2.43. The van der Waals surface area contributed by atoms with Crippen molar-refractivity contribution in [3.05, 3.63) is 48.6 Å². The van der Waals surface area contributed by atoms with Crippen LogP contribution in [0, 0.1) is 0 Å². The van der Waals surface area contributed by atoms with Gasteiger partial charge in [0.15, 0.2) is 0 Å². The number of unbranched alkanes of at least 4 members (excludes halogenated alkanes) is 11. The third-order valence-electron chi connectivity index (χ3n) is 7.03. The smallest absolute Gasteiger partial charge is 0.457 e. The van der Waals surface area contributed by atoms with Crippen molar-refractivity contribution in [2.75, 3.05) is 33.0 Å². The van der Waals surface area contributed by atoms with Gasteiger partial charge in [0.2, 0.25) is 0 Å². The van der Waals surface area contributed by atoms with Gasteiger partial charge in [0, 0.05) is 13.0 Å². The van der Waals surface area contributed by atoms with Crippen LogP contribution in [0.15, 0.2) is 48.6 Å². The molecule has 0 spiro atoms. The predicted octanol–water partition coefficient (Wildman–Crippen LogP) is 8.69. The van der Waals surface area contributed by atoms with Crippen LogP contribution in [0.25, 0.3) is 0 Å². The number of ether oxygens (including phenoxy) is 2. The SMILES string of the molecule is CC/C=C\C/C=C\C/C=C\C/C=C\CCCCCCCOCC(COP(=O)(O)OCC(O)CO)OC(=O)CCCCCCCCC. The highest BCUT2D eigenvalue weighted by Gasteiger charge is 2.26. The fourth-order valence-corrected chi connectivity index (χ4v) is 5.13. The molecule has 268 valence electrons. The van der Waals surface area contributed by atoms with Crippen LogP contribution in [0.3, 0.4) is 0 Å². The topological polar surface area (TPSA) is 132 Å². The molecule has 0 fully saturated rings. The molecule has 0 aliphatic heterocycles. The molecule has 0 bridgehead atoms. The lowest BCUT2D eigenvalue weighted by Crippen LogP contribution is -2.29. The van der Waals surface area contributed by atoms with Crippen molar-refractivity contribution in [3.8, 4) is 0 Å². The quantitative estimate of drug-likeness (QED) is 0.0271. The number of aliphatic hydroxyl groups is 2. The number of rotatable bonds is 33. The standard InChI is InChI=1S/C36H65O9P/c1-3-5-7-9-11-12-13-14-15-16-17-18-19-20-21-23-25-27-29-42-32-35(33-44-46(40,41)43-31-34(38)30-37)45-36(39)28-26-24-22-10-8-6-4-2/h5,7,11-12,14-15,17-18,34-35,37-38H,3-4,6,8-10,13,16,19-33H2,1-2H3,(H,40,41)/b7-5-,12-11-,15-14-,18-17-. The third-order valence-corrected chi connectivity index (χ3v) is 7.98. The Morgan fingerprint density at radius 2 is 1.24 bits per heavy atom. The Labute approximate surface area is 279 Å². The summed E-state index contributed by atoms with van der Waals surface area (Å²) in [4.78, 5) is 22.3. The normalized spacial score (nSPS) is 15.0. The average molecular weight is 673 g/mol. The minimum Gasteiger partial charge on any atom is -0.457 e. The molecular weight excluding hydrogens is 607 g/mol. The zero-order valence-electron chi connectivity index (χ0n) is 28.8. The van der Waals surface area contributed by atoms with E-state index < -0.39 is 39.2 Å². The fraction of sp³-hybridized carbons (Fsp3) is 0.750. The van der Waals surface area contributed by atoms with E-state index in [0.717, 1.165) is 89.9 Å². The van der Waals surface area contributed by atoms with E-state index in [9.17, 15) is 19.4 Å². The van der Waals surface area contributed by atoms with Crippen LogP contribution in [0.4, 0.5) is 0 Å². The molecule has 0 saturated carbocycles. The van der Waals surface area contributed by atoms with Gasteiger partial charge in [-0.25, -0.2) is 4.57 Å². The van der Waals surface area contributed by atoms with Crippen molar-refractivity contribution in [1.82, 2.24) is 0 Å². The molecule has 10 heteroatoms. The number of carbonyl (C=O) groups is 1. The van der Waals surface area contributed by atoms with Gasteiger partial charge in [-0.15, -0.1) is 0 Å². The average Bonchev–Trinajstić information content (AvgIpc) is 3.04. The number of hydrogen-bond acceptors (Lipinski definition) is 8. The highest BCUT2D eigenvalue weighted by molar-refractivity contribution is 7.47. The molecule has 3 N–H and O–H groups in total. The number of phosphoric acid groups is 1. The Morgan fingerprint density at radius 1 is 0.696 bits per heavy atom. The van der Waals surface area contributed by atoms with Crippen LogP contribution in [0.1, 0.15) is 129 Å². The fourth-order valence-electron chi connectivity index (χ4n) is 4.34. The maximum atomic E-state index is 12.4. The summed E-state index contributed by atoms with van der Waals surface area (Å²) in [5.74, 6) is -0.400.